The quantitative estimate of drug-likeness (QED) is 0.415. The zero-order valence-electron chi connectivity index (χ0n) is 17.8. The highest BCUT2D eigenvalue weighted by molar-refractivity contribution is 5.99. The number of aryl methyl sites for hydroxylation is 1. The number of anilines is 1. The highest BCUT2D eigenvalue weighted by atomic mass is 19.1. The molecule has 7 nitrogen and oxygen atoms in total. The summed E-state index contributed by atoms with van der Waals surface area (Å²) in [4.78, 5) is 17.5. The predicted octanol–water partition coefficient (Wildman–Crippen LogP) is 3.42. The fourth-order valence-corrected chi connectivity index (χ4v) is 3.51. The van der Waals surface area contributed by atoms with Gasteiger partial charge in [-0.25, -0.2) is 9.37 Å². The molecule has 8 heteroatoms. The first-order chi connectivity index (χ1) is 15.4. The Balaban J connectivity index is 1.64. The number of hydrogen-bond acceptors (Lipinski definition) is 5. The van der Waals surface area contributed by atoms with Gasteiger partial charge in [0.1, 0.15) is 11.6 Å². The van der Waals surface area contributed by atoms with Crippen molar-refractivity contribution in [1.82, 2.24) is 20.1 Å². The van der Waals surface area contributed by atoms with Gasteiger partial charge in [-0.2, -0.15) is 5.10 Å². The molecule has 0 fully saturated rings. The van der Waals surface area contributed by atoms with Crippen LogP contribution in [0.15, 0.2) is 67.1 Å². The summed E-state index contributed by atoms with van der Waals surface area (Å²) >= 11 is 0. The van der Waals surface area contributed by atoms with Crippen molar-refractivity contribution in [2.45, 2.75) is 19.0 Å². The van der Waals surface area contributed by atoms with Gasteiger partial charge in [-0.05, 0) is 48.2 Å². The Morgan fingerprint density at radius 2 is 1.97 bits per heavy atom. The van der Waals surface area contributed by atoms with Crippen LogP contribution in [0, 0.1) is 5.82 Å². The number of aliphatic hydroxyl groups is 1. The largest absolute Gasteiger partial charge is 0.394 e. The second-order valence-corrected chi connectivity index (χ2v) is 7.77. The van der Waals surface area contributed by atoms with E-state index in [1.807, 2.05) is 19.1 Å². The number of carbonyl (C=O) groups is 1. The molecule has 0 bridgehead atoms. The average Bonchev–Trinajstić information content (AvgIpc) is 3.22. The number of amides is 1. The van der Waals surface area contributed by atoms with Gasteiger partial charge < -0.3 is 15.7 Å². The van der Waals surface area contributed by atoms with Crippen molar-refractivity contribution in [3.05, 3.63) is 89.6 Å². The van der Waals surface area contributed by atoms with Crippen molar-refractivity contribution < 1.29 is 14.3 Å². The number of benzene rings is 2. The summed E-state index contributed by atoms with van der Waals surface area (Å²) in [6.07, 6.45) is 5.17. The third kappa shape index (κ3) is 4.76. The molecule has 0 saturated heterocycles. The maximum atomic E-state index is 13.9. The number of halogens is 1. The fourth-order valence-electron chi connectivity index (χ4n) is 3.51. The molecule has 32 heavy (non-hydrogen) atoms. The van der Waals surface area contributed by atoms with E-state index in [0.717, 1.165) is 16.3 Å². The summed E-state index contributed by atoms with van der Waals surface area (Å²) in [5, 5.41) is 21.3. The van der Waals surface area contributed by atoms with Crippen LogP contribution in [0.1, 0.15) is 34.5 Å². The third-order valence-corrected chi connectivity index (χ3v) is 5.17. The molecule has 0 aliphatic heterocycles. The number of nitrogens with one attached hydrogen (secondary N) is 2. The van der Waals surface area contributed by atoms with Crippen molar-refractivity contribution >= 4 is 22.5 Å². The number of carbonyl (C=O) groups excluding carboxylic acids is 1. The van der Waals surface area contributed by atoms with Crippen LogP contribution >= 0.6 is 0 Å². The lowest BCUT2D eigenvalue weighted by molar-refractivity contribution is 0.0943. The van der Waals surface area contributed by atoms with E-state index in [4.69, 9.17) is 0 Å². The normalized spacial score (nSPS) is 13.0. The molecule has 0 radical (unpaired) electrons. The van der Waals surface area contributed by atoms with E-state index in [2.05, 4.69) is 20.7 Å². The topological polar surface area (TPSA) is 92.1 Å². The Labute approximate surface area is 184 Å². The lowest BCUT2D eigenvalue weighted by atomic mass is 10.0. The fraction of sp³-hybridized carbons (Fsp3) is 0.208. The first kappa shape index (κ1) is 21.5. The predicted molar refractivity (Wildman–Crippen MR) is 121 cm³/mol. The second-order valence-electron chi connectivity index (χ2n) is 7.77. The molecule has 2 aromatic carbocycles. The maximum Gasteiger partial charge on any atom is 0.252 e. The van der Waals surface area contributed by atoms with Crippen molar-refractivity contribution in [3.8, 4) is 0 Å². The van der Waals surface area contributed by atoms with Gasteiger partial charge in [0.05, 0.1) is 18.8 Å². The molecule has 0 aliphatic carbocycles. The number of aromatic nitrogens is 3. The Bertz CT molecular complexity index is 1260. The molecular formula is C24H24FN5O2. The van der Waals surface area contributed by atoms with Crippen molar-refractivity contribution in [1.29, 1.82) is 0 Å². The molecule has 164 valence electrons. The number of pyridine rings is 1. The molecule has 0 saturated carbocycles. The van der Waals surface area contributed by atoms with Crippen LogP contribution in [0.3, 0.4) is 0 Å². The minimum absolute atomic E-state index is 0.0159. The van der Waals surface area contributed by atoms with Crippen LogP contribution < -0.4 is 10.6 Å². The molecule has 1 amide bonds. The van der Waals surface area contributed by atoms with Gasteiger partial charge in [-0.15, -0.1) is 0 Å². The van der Waals surface area contributed by atoms with Gasteiger partial charge >= 0.3 is 0 Å². The Morgan fingerprint density at radius 1 is 1.12 bits per heavy atom. The number of hydrogen-bond donors (Lipinski definition) is 3. The Hall–Kier alpha value is -3.78. The number of aliphatic hydroxyl groups excluding tert-OH is 1. The minimum Gasteiger partial charge on any atom is -0.394 e. The van der Waals surface area contributed by atoms with E-state index >= 15 is 0 Å². The van der Waals surface area contributed by atoms with E-state index in [1.165, 1.54) is 12.1 Å². The van der Waals surface area contributed by atoms with Gasteiger partial charge in [0.15, 0.2) is 0 Å². The van der Waals surface area contributed by atoms with E-state index < -0.39 is 6.04 Å². The molecule has 2 heterocycles. The Morgan fingerprint density at radius 3 is 2.69 bits per heavy atom. The van der Waals surface area contributed by atoms with E-state index in [9.17, 15) is 14.3 Å². The van der Waals surface area contributed by atoms with E-state index in [-0.39, 0.29) is 24.4 Å². The summed E-state index contributed by atoms with van der Waals surface area (Å²) in [6, 6.07) is 12.7. The van der Waals surface area contributed by atoms with Gasteiger partial charge in [0, 0.05) is 42.0 Å². The van der Waals surface area contributed by atoms with Gasteiger partial charge in [0.25, 0.3) is 5.91 Å². The summed E-state index contributed by atoms with van der Waals surface area (Å²) in [5.41, 5.74) is 1.84. The monoisotopic (exact) mass is 433 g/mol. The van der Waals surface area contributed by atoms with Crippen LogP contribution in [0.25, 0.3) is 10.8 Å². The van der Waals surface area contributed by atoms with E-state index in [0.29, 0.717) is 16.9 Å². The number of rotatable bonds is 7. The second kappa shape index (κ2) is 9.15. The lowest BCUT2D eigenvalue weighted by Crippen LogP contribution is -2.29. The standard InChI is InChI=1S/C24H24FN5O2/c1-15(14-31)28-22-10-19-8-17(6-7-18(19)11-26-22)24(32)29-23(20-12-27-30(2)13-20)16-4-3-5-21(25)9-16/h3-13,15,23,31H,14H2,1-2H3,(H,26,28)(H,29,32)/t15-,23-/m0/s1. The molecule has 2 aromatic heterocycles. The molecular weight excluding hydrogens is 409 g/mol. The van der Waals surface area contributed by atoms with Crippen LogP contribution in [0.4, 0.5) is 10.2 Å². The number of fused-ring (bicyclic) bond motifs is 1. The average molecular weight is 433 g/mol. The first-order valence-corrected chi connectivity index (χ1v) is 10.2. The molecule has 0 spiro atoms. The van der Waals surface area contributed by atoms with Gasteiger partial charge in [-0.1, -0.05) is 18.2 Å². The summed E-state index contributed by atoms with van der Waals surface area (Å²) in [6.45, 7) is 1.83. The van der Waals surface area contributed by atoms with Crippen LogP contribution in [-0.2, 0) is 7.05 Å². The van der Waals surface area contributed by atoms with Gasteiger partial charge in [-0.3, -0.25) is 9.48 Å². The van der Waals surface area contributed by atoms with Gasteiger partial charge in [0.2, 0.25) is 0 Å². The molecule has 0 aliphatic rings. The molecule has 2 atom stereocenters. The van der Waals surface area contributed by atoms with Crippen molar-refractivity contribution in [2.24, 2.45) is 7.05 Å². The summed E-state index contributed by atoms with van der Waals surface area (Å²) < 4.78 is 15.5. The third-order valence-electron chi connectivity index (χ3n) is 5.17. The SMILES string of the molecule is C[C@@H](CO)Nc1cc2cc(C(=O)N[C@@H](c3cccc(F)c3)c3cnn(C)c3)ccc2cn1. The molecule has 3 N–H and O–H groups in total. The maximum absolute atomic E-state index is 13.9. The van der Waals surface area contributed by atoms with E-state index in [1.54, 1.807) is 54.6 Å². The van der Waals surface area contributed by atoms with Crippen molar-refractivity contribution in [2.75, 3.05) is 11.9 Å². The van der Waals surface area contributed by atoms with Crippen molar-refractivity contribution in [3.63, 3.8) is 0 Å². The Kier molecular flexibility index (Phi) is 6.13. The minimum atomic E-state index is -0.553. The molecule has 4 aromatic rings. The van der Waals surface area contributed by atoms with Crippen LogP contribution in [0.2, 0.25) is 0 Å². The molecule has 0 unspecified atom stereocenters. The summed E-state index contributed by atoms with van der Waals surface area (Å²) in [7, 11) is 1.79. The van der Waals surface area contributed by atoms with Crippen LogP contribution in [0.5, 0.6) is 0 Å². The summed E-state index contributed by atoms with van der Waals surface area (Å²) in [5.74, 6) is -0.0503. The molecule has 4 rings (SSSR count). The first-order valence-electron chi connectivity index (χ1n) is 10.2. The highest BCUT2D eigenvalue weighted by Gasteiger charge is 2.20. The number of nitrogens with zero attached hydrogens (tertiary/aromatic N) is 3. The zero-order chi connectivity index (χ0) is 22.7. The zero-order valence-corrected chi connectivity index (χ0v) is 17.8. The smallest absolute Gasteiger partial charge is 0.252 e. The lowest BCUT2D eigenvalue weighted by Gasteiger charge is -2.18. The highest BCUT2D eigenvalue weighted by Crippen LogP contribution is 2.24. The van der Waals surface area contributed by atoms with Crippen LogP contribution in [-0.4, -0.2) is 38.4 Å².